The van der Waals surface area contributed by atoms with Gasteiger partial charge in [0.15, 0.2) is 5.76 Å². The quantitative estimate of drug-likeness (QED) is 0.379. The standard InChI is InChI=1S/C25H24ClN3O3/c1-16-13-20(26)9-11-22(16)31-15-21-10-12-23(32-21)25(30)27-24-17(2)28-29(18(24)3)14-19-7-5-4-6-8-19/h4-13H,14-15H2,1-3H3,(H,27,30). The largest absolute Gasteiger partial charge is 0.485 e. The van der Waals surface area contributed by atoms with Gasteiger partial charge in [-0.3, -0.25) is 9.48 Å². The lowest BCUT2D eigenvalue weighted by Gasteiger charge is -2.08. The fourth-order valence-corrected chi connectivity index (χ4v) is 3.69. The lowest BCUT2D eigenvalue weighted by molar-refractivity contribution is 0.0992. The Kier molecular flexibility index (Phi) is 6.32. The molecular weight excluding hydrogens is 426 g/mol. The Labute approximate surface area is 191 Å². The zero-order valence-electron chi connectivity index (χ0n) is 18.2. The Bertz CT molecular complexity index is 1240. The van der Waals surface area contributed by atoms with Crippen molar-refractivity contribution in [3.05, 3.63) is 99.7 Å². The van der Waals surface area contributed by atoms with Gasteiger partial charge in [-0.05, 0) is 62.2 Å². The van der Waals surface area contributed by atoms with Crippen LogP contribution in [0.5, 0.6) is 5.75 Å². The Morgan fingerprint density at radius 3 is 2.62 bits per heavy atom. The maximum atomic E-state index is 12.8. The van der Waals surface area contributed by atoms with Gasteiger partial charge < -0.3 is 14.5 Å². The van der Waals surface area contributed by atoms with E-state index in [2.05, 4.69) is 10.4 Å². The van der Waals surface area contributed by atoms with Crippen molar-refractivity contribution in [1.29, 1.82) is 0 Å². The van der Waals surface area contributed by atoms with Crippen LogP contribution < -0.4 is 10.1 Å². The highest BCUT2D eigenvalue weighted by Gasteiger charge is 2.18. The molecule has 1 N–H and O–H groups in total. The predicted octanol–water partition coefficient (Wildman–Crippen LogP) is 5.93. The smallest absolute Gasteiger partial charge is 0.291 e. The summed E-state index contributed by atoms with van der Waals surface area (Å²) in [6.45, 7) is 6.58. The molecule has 164 valence electrons. The van der Waals surface area contributed by atoms with Crippen LogP contribution in [0.1, 0.15) is 38.8 Å². The lowest BCUT2D eigenvalue weighted by Crippen LogP contribution is -2.12. The Morgan fingerprint density at radius 2 is 1.88 bits per heavy atom. The van der Waals surface area contributed by atoms with Crippen molar-refractivity contribution in [2.24, 2.45) is 0 Å². The van der Waals surface area contributed by atoms with Crippen molar-refractivity contribution in [3.8, 4) is 5.75 Å². The molecule has 4 rings (SSSR count). The molecule has 6 nitrogen and oxygen atoms in total. The molecule has 0 spiro atoms. The third-order valence-electron chi connectivity index (χ3n) is 5.19. The zero-order valence-corrected chi connectivity index (χ0v) is 18.9. The number of anilines is 1. The predicted molar refractivity (Wildman–Crippen MR) is 124 cm³/mol. The maximum Gasteiger partial charge on any atom is 0.291 e. The summed E-state index contributed by atoms with van der Waals surface area (Å²) in [6, 6.07) is 18.9. The number of amides is 1. The van der Waals surface area contributed by atoms with Crippen molar-refractivity contribution in [3.63, 3.8) is 0 Å². The van der Waals surface area contributed by atoms with Gasteiger partial charge in [0.1, 0.15) is 18.1 Å². The van der Waals surface area contributed by atoms with Crippen LogP contribution in [0.15, 0.2) is 65.1 Å². The van der Waals surface area contributed by atoms with Crippen LogP contribution in [0.4, 0.5) is 5.69 Å². The van der Waals surface area contributed by atoms with Gasteiger partial charge in [-0.15, -0.1) is 0 Å². The molecule has 0 aliphatic carbocycles. The molecule has 4 aromatic rings. The highest BCUT2D eigenvalue weighted by atomic mass is 35.5. The average Bonchev–Trinajstić information content (AvgIpc) is 3.34. The summed E-state index contributed by atoms with van der Waals surface area (Å²) in [5.74, 6) is 1.15. The molecule has 1 amide bonds. The number of halogens is 1. The minimum absolute atomic E-state index is 0.211. The van der Waals surface area contributed by atoms with E-state index in [4.69, 9.17) is 20.8 Å². The number of aryl methyl sites for hydroxylation is 2. The Hall–Kier alpha value is -3.51. The molecule has 0 fully saturated rings. The second kappa shape index (κ2) is 9.32. The number of hydrogen-bond donors (Lipinski definition) is 1. The van der Waals surface area contributed by atoms with Gasteiger partial charge in [0.2, 0.25) is 0 Å². The van der Waals surface area contributed by atoms with Crippen molar-refractivity contribution in [1.82, 2.24) is 9.78 Å². The van der Waals surface area contributed by atoms with Crippen molar-refractivity contribution >= 4 is 23.2 Å². The zero-order chi connectivity index (χ0) is 22.7. The third-order valence-corrected chi connectivity index (χ3v) is 5.42. The molecule has 0 saturated heterocycles. The first kappa shape index (κ1) is 21.7. The van der Waals surface area contributed by atoms with E-state index in [1.807, 2.05) is 67.9 Å². The second-order valence-corrected chi connectivity index (χ2v) is 8.04. The van der Waals surface area contributed by atoms with E-state index >= 15 is 0 Å². The van der Waals surface area contributed by atoms with Crippen LogP contribution in [0, 0.1) is 20.8 Å². The van der Waals surface area contributed by atoms with Gasteiger partial charge in [0.25, 0.3) is 5.91 Å². The van der Waals surface area contributed by atoms with Crippen molar-refractivity contribution in [2.45, 2.75) is 33.9 Å². The molecule has 32 heavy (non-hydrogen) atoms. The molecule has 0 saturated carbocycles. The number of hydrogen-bond acceptors (Lipinski definition) is 4. The van der Waals surface area contributed by atoms with E-state index in [1.165, 1.54) is 0 Å². The van der Waals surface area contributed by atoms with Crippen molar-refractivity contribution in [2.75, 3.05) is 5.32 Å². The topological polar surface area (TPSA) is 69.3 Å². The first-order valence-corrected chi connectivity index (χ1v) is 10.7. The Morgan fingerprint density at radius 1 is 1.09 bits per heavy atom. The molecule has 2 aromatic heterocycles. The molecule has 0 aliphatic rings. The first-order valence-electron chi connectivity index (χ1n) is 10.3. The number of benzene rings is 2. The van der Waals surface area contributed by atoms with Crippen LogP contribution in [0.25, 0.3) is 0 Å². The average molecular weight is 450 g/mol. The number of aromatic nitrogens is 2. The van der Waals surface area contributed by atoms with Gasteiger partial charge in [-0.2, -0.15) is 5.10 Å². The molecule has 0 unspecified atom stereocenters. The number of carbonyl (C=O) groups excluding carboxylic acids is 1. The first-order chi connectivity index (χ1) is 15.4. The normalized spacial score (nSPS) is 10.9. The van der Waals surface area contributed by atoms with E-state index in [0.717, 1.165) is 22.5 Å². The molecule has 7 heteroatoms. The van der Waals surface area contributed by atoms with E-state index in [1.54, 1.807) is 18.2 Å². The van der Waals surface area contributed by atoms with Gasteiger partial charge >= 0.3 is 0 Å². The molecule has 0 aliphatic heterocycles. The van der Waals surface area contributed by atoms with Crippen molar-refractivity contribution < 1.29 is 13.9 Å². The van der Waals surface area contributed by atoms with E-state index < -0.39 is 0 Å². The highest BCUT2D eigenvalue weighted by molar-refractivity contribution is 6.30. The number of ether oxygens (including phenoxy) is 1. The minimum Gasteiger partial charge on any atom is -0.485 e. The fraction of sp³-hybridized carbons (Fsp3) is 0.200. The van der Waals surface area contributed by atoms with Gasteiger partial charge in [-0.1, -0.05) is 41.9 Å². The van der Waals surface area contributed by atoms with E-state index in [-0.39, 0.29) is 18.3 Å². The molecule has 2 aromatic carbocycles. The van der Waals surface area contributed by atoms with E-state index in [9.17, 15) is 4.79 Å². The maximum absolute atomic E-state index is 12.8. The summed E-state index contributed by atoms with van der Waals surface area (Å²) in [5.41, 5.74) is 4.40. The lowest BCUT2D eigenvalue weighted by atomic mass is 10.2. The fourth-order valence-electron chi connectivity index (χ4n) is 3.46. The van der Waals surface area contributed by atoms with E-state index in [0.29, 0.717) is 28.8 Å². The number of furan rings is 1. The number of nitrogens with one attached hydrogen (secondary N) is 1. The van der Waals surface area contributed by atoms with Crippen LogP contribution in [0.2, 0.25) is 5.02 Å². The van der Waals surface area contributed by atoms with Gasteiger partial charge in [-0.25, -0.2) is 0 Å². The third kappa shape index (κ3) is 4.86. The highest BCUT2D eigenvalue weighted by Crippen LogP contribution is 2.24. The van der Waals surface area contributed by atoms with Gasteiger partial charge in [0.05, 0.1) is 23.6 Å². The summed E-state index contributed by atoms with van der Waals surface area (Å²) in [6.07, 6.45) is 0. The summed E-state index contributed by atoms with van der Waals surface area (Å²) in [4.78, 5) is 12.8. The Balaban J connectivity index is 1.42. The van der Waals surface area contributed by atoms with Crippen LogP contribution >= 0.6 is 11.6 Å². The van der Waals surface area contributed by atoms with Crippen LogP contribution in [0.3, 0.4) is 0 Å². The summed E-state index contributed by atoms with van der Waals surface area (Å²) >= 11 is 5.98. The van der Waals surface area contributed by atoms with Crippen LogP contribution in [-0.4, -0.2) is 15.7 Å². The molecular formula is C25H24ClN3O3. The summed E-state index contributed by atoms with van der Waals surface area (Å²) < 4.78 is 13.4. The van der Waals surface area contributed by atoms with Crippen LogP contribution in [-0.2, 0) is 13.2 Å². The molecule has 2 heterocycles. The minimum atomic E-state index is -0.329. The van der Waals surface area contributed by atoms with Gasteiger partial charge in [0, 0.05) is 5.02 Å². The molecule has 0 bridgehead atoms. The monoisotopic (exact) mass is 449 g/mol. The number of nitrogens with zero attached hydrogens (tertiary/aromatic N) is 2. The second-order valence-electron chi connectivity index (χ2n) is 7.61. The number of rotatable bonds is 7. The summed E-state index contributed by atoms with van der Waals surface area (Å²) in [5, 5.41) is 8.17. The molecule has 0 radical (unpaired) electrons. The summed E-state index contributed by atoms with van der Waals surface area (Å²) in [7, 11) is 0. The SMILES string of the molecule is Cc1cc(Cl)ccc1OCc1ccc(C(=O)Nc2c(C)nn(Cc3ccccc3)c2C)o1. The number of carbonyl (C=O) groups is 1. The molecule has 0 atom stereocenters.